The first-order chi connectivity index (χ1) is 18.9. The number of hydrogen-bond acceptors (Lipinski definition) is 8. The van der Waals surface area contributed by atoms with E-state index >= 15 is 0 Å². The highest BCUT2D eigenvalue weighted by Gasteiger charge is 2.18. The molecule has 2 aromatic rings. The van der Waals surface area contributed by atoms with Gasteiger partial charge < -0.3 is 18.9 Å². The molecule has 0 N–H and O–H groups in total. The molecule has 0 amide bonds. The van der Waals surface area contributed by atoms with Gasteiger partial charge >= 0.3 is 11.9 Å². The Morgan fingerprint density at radius 1 is 0.564 bits per heavy atom. The minimum atomic E-state index is -3.77. The van der Waals surface area contributed by atoms with E-state index in [1.807, 2.05) is 0 Å². The number of benzene rings is 2. The van der Waals surface area contributed by atoms with Crippen molar-refractivity contribution in [3.05, 3.63) is 48.5 Å². The number of ether oxygens (including phenoxy) is 4. The molecular weight excluding hydrogens is 520 g/mol. The molecule has 39 heavy (non-hydrogen) atoms. The zero-order valence-corrected chi connectivity index (χ0v) is 24.0. The average molecular weight is 563 g/mol. The van der Waals surface area contributed by atoms with Gasteiger partial charge in [-0.3, -0.25) is 0 Å². The Hall–Kier alpha value is -3.07. The monoisotopic (exact) mass is 562 g/mol. The van der Waals surface area contributed by atoms with Crippen molar-refractivity contribution in [3.63, 3.8) is 0 Å². The number of rotatable bonds is 20. The lowest BCUT2D eigenvalue weighted by Crippen LogP contribution is -2.15. The molecule has 9 heteroatoms. The molecule has 0 fully saturated rings. The van der Waals surface area contributed by atoms with Gasteiger partial charge in [0.05, 0.1) is 23.0 Å². The van der Waals surface area contributed by atoms with E-state index < -0.39 is 21.8 Å². The Labute approximate surface area is 232 Å². The normalized spacial score (nSPS) is 11.1. The van der Waals surface area contributed by atoms with E-state index in [1.165, 1.54) is 61.4 Å². The summed E-state index contributed by atoms with van der Waals surface area (Å²) in [4.78, 5) is 23.8. The summed E-state index contributed by atoms with van der Waals surface area (Å²) in [6, 6.07) is 11.7. The number of carbonyl (C=O) groups is 2. The Kier molecular flexibility index (Phi) is 15.0. The van der Waals surface area contributed by atoms with Gasteiger partial charge in [0.25, 0.3) is 0 Å². The third-order valence-corrected chi connectivity index (χ3v) is 7.79. The molecule has 0 bridgehead atoms. The van der Waals surface area contributed by atoms with Crippen molar-refractivity contribution in [1.82, 2.24) is 0 Å². The minimum Gasteiger partial charge on any atom is -0.482 e. The van der Waals surface area contributed by atoms with E-state index in [1.54, 1.807) is 0 Å². The summed E-state index contributed by atoms with van der Waals surface area (Å²) in [5.41, 5.74) is 0. The second-order valence-corrected chi connectivity index (χ2v) is 11.2. The molecule has 0 aromatic heterocycles. The van der Waals surface area contributed by atoms with E-state index in [2.05, 4.69) is 13.8 Å². The molecule has 0 heterocycles. The molecule has 0 aliphatic rings. The van der Waals surface area contributed by atoms with Gasteiger partial charge in [-0.05, 0) is 61.4 Å². The number of hydrogen-bond donors (Lipinski definition) is 0. The topological polar surface area (TPSA) is 105 Å². The third kappa shape index (κ3) is 12.6. The summed E-state index contributed by atoms with van der Waals surface area (Å²) >= 11 is 0. The number of sulfone groups is 1. The van der Waals surface area contributed by atoms with Crippen LogP contribution in [-0.4, -0.2) is 46.8 Å². The summed E-state index contributed by atoms with van der Waals surface area (Å²) in [6.45, 7) is 4.55. The lowest BCUT2D eigenvalue weighted by molar-refractivity contribution is -0.147. The molecule has 216 valence electrons. The highest BCUT2D eigenvalue weighted by Crippen LogP contribution is 2.25. The van der Waals surface area contributed by atoms with Gasteiger partial charge in [-0.25, -0.2) is 18.0 Å². The van der Waals surface area contributed by atoms with Gasteiger partial charge in [-0.15, -0.1) is 0 Å². The largest absolute Gasteiger partial charge is 0.482 e. The first kappa shape index (κ1) is 32.1. The molecule has 0 radical (unpaired) electrons. The third-order valence-electron chi connectivity index (χ3n) is 6.00. The summed E-state index contributed by atoms with van der Waals surface area (Å²) in [7, 11) is -3.77. The molecular formula is C30H42O8S. The number of carbonyl (C=O) groups excluding carboxylic acids is 2. The lowest BCUT2D eigenvalue weighted by Gasteiger charge is -2.10. The van der Waals surface area contributed by atoms with Crippen molar-refractivity contribution in [2.24, 2.45) is 0 Å². The maximum Gasteiger partial charge on any atom is 0.344 e. The quantitative estimate of drug-likeness (QED) is 0.137. The van der Waals surface area contributed by atoms with Gasteiger partial charge in [0.15, 0.2) is 13.2 Å². The van der Waals surface area contributed by atoms with E-state index in [-0.39, 0.29) is 23.0 Å². The Morgan fingerprint density at radius 3 is 1.28 bits per heavy atom. The zero-order valence-electron chi connectivity index (χ0n) is 23.2. The van der Waals surface area contributed by atoms with E-state index in [0.717, 1.165) is 51.4 Å². The van der Waals surface area contributed by atoms with Crippen LogP contribution < -0.4 is 9.47 Å². The SMILES string of the molecule is CCCCCCCOC(=O)COc1ccc(S(=O)(=O)c2ccc(OCC(=O)OCCCCCCC)cc2)cc1. The molecule has 2 rings (SSSR count). The molecule has 2 aromatic carbocycles. The van der Waals surface area contributed by atoms with Crippen LogP contribution in [0.25, 0.3) is 0 Å². The van der Waals surface area contributed by atoms with Crippen LogP contribution in [-0.2, 0) is 28.9 Å². The van der Waals surface area contributed by atoms with Crippen LogP contribution >= 0.6 is 0 Å². The fourth-order valence-electron chi connectivity index (χ4n) is 3.72. The molecule has 0 spiro atoms. The smallest absolute Gasteiger partial charge is 0.344 e. The second-order valence-electron chi connectivity index (χ2n) is 9.29. The summed E-state index contributed by atoms with van der Waals surface area (Å²) in [5.74, 6) is -0.184. The first-order valence-electron chi connectivity index (χ1n) is 13.9. The van der Waals surface area contributed by atoms with Crippen LogP contribution in [0, 0.1) is 0 Å². The van der Waals surface area contributed by atoms with Crippen molar-refractivity contribution in [1.29, 1.82) is 0 Å². The highest BCUT2D eigenvalue weighted by molar-refractivity contribution is 7.91. The van der Waals surface area contributed by atoms with E-state index in [0.29, 0.717) is 24.7 Å². The molecule has 0 unspecified atom stereocenters. The molecule has 0 atom stereocenters. The average Bonchev–Trinajstić information content (AvgIpc) is 2.95. The Morgan fingerprint density at radius 2 is 0.923 bits per heavy atom. The van der Waals surface area contributed by atoms with Gasteiger partial charge in [-0.2, -0.15) is 0 Å². The van der Waals surface area contributed by atoms with Gasteiger partial charge in [0.2, 0.25) is 9.84 Å². The number of unbranched alkanes of at least 4 members (excludes halogenated alkanes) is 8. The maximum absolute atomic E-state index is 13.0. The molecule has 0 saturated heterocycles. The maximum atomic E-state index is 13.0. The lowest BCUT2D eigenvalue weighted by atomic mass is 10.2. The van der Waals surface area contributed by atoms with Crippen LogP contribution in [0.5, 0.6) is 11.5 Å². The first-order valence-corrected chi connectivity index (χ1v) is 15.4. The van der Waals surface area contributed by atoms with Crippen LogP contribution in [0.2, 0.25) is 0 Å². The van der Waals surface area contributed by atoms with Crippen LogP contribution in [0.1, 0.15) is 78.1 Å². The second kappa shape index (κ2) is 18.3. The predicted molar refractivity (Wildman–Crippen MR) is 149 cm³/mol. The molecule has 0 saturated carbocycles. The standard InChI is InChI=1S/C30H42O8S/c1-3-5-7-9-11-21-35-29(31)23-37-25-13-17-27(18-14-25)39(33,34)28-19-15-26(16-20-28)38-24-30(32)36-22-12-10-8-6-4-2/h13-20H,3-12,21-24H2,1-2H3. The highest BCUT2D eigenvalue weighted by atomic mass is 32.2. The van der Waals surface area contributed by atoms with Crippen LogP contribution in [0.15, 0.2) is 58.3 Å². The Balaban J connectivity index is 1.76. The molecule has 8 nitrogen and oxygen atoms in total. The summed E-state index contributed by atoms with van der Waals surface area (Å²) < 4.78 is 47.1. The molecule has 0 aliphatic carbocycles. The van der Waals surface area contributed by atoms with E-state index in [4.69, 9.17) is 18.9 Å². The fourth-order valence-corrected chi connectivity index (χ4v) is 4.98. The zero-order chi connectivity index (χ0) is 28.3. The van der Waals surface area contributed by atoms with Crippen molar-refractivity contribution in [2.75, 3.05) is 26.4 Å². The van der Waals surface area contributed by atoms with Crippen molar-refractivity contribution in [3.8, 4) is 11.5 Å². The van der Waals surface area contributed by atoms with Gasteiger partial charge in [0, 0.05) is 0 Å². The summed E-state index contributed by atoms with van der Waals surface area (Å²) in [5, 5.41) is 0. The minimum absolute atomic E-state index is 0.0840. The molecule has 0 aliphatic heterocycles. The summed E-state index contributed by atoms with van der Waals surface area (Å²) in [6.07, 6.45) is 10.7. The van der Waals surface area contributed by atoms with E-state index in [9.17, 15) is 18.0 Å². The van der Waals surface area contributed by atoms with Crippen molar-refractivity contribution < 1.29 is 37.0 Å². The van der Waals surface area contributed by atoms with Crippen molar-refractivity contribution >= 4 is 21.8 Å². The Bertz CT molecular complexity index is 997. The predicted octanol–water partition coefficient (Wildman–Crippen LogP) is 6.30. The van der Waals surface area contributed by atoms with Crippen molar-refractivity contribution in [2.45, 2.75) is 87.8 Å². The fraction of sp³-hybridized carbons (Fsp3) is 0.533. The van der Waals surface area contributed by atoms with Crippen LogP contribution in [0.4, 0.5) is 0 Å². The van der Waals surface area contributed by atoms with Crippen LogP contribution in [0.3, 0.4) is 0 Å². The van der Waals surface area contributed by atoms with Gasteiger partial charge in [0.1, 0.15) is 11.5 Å². The number of esters is 2. The van der Waals surface area contributed by atoms with Gasteiger partial charge in [-0.1, -0.05) is 65.2 Å².